The first-order valence-electron chi connectivity index (χ1n) is 7.31. The Morgan fingerprint density at radius 2 is 2.05 bits per heavy atom. The van der Waals surface area contributed by atoms with Gasteiger partial charge in [-0.15, -0.1) is 0 Å². The molecular formula is C17H19N3S. The van der Waals surface area contributed by atoms with E-state index < -0.39 is 0 Å². The Bertz CT molecular complexity index is 654. The Hall–Kier alpha value is -1.94. The van der Waals surface area contributed by atoms with Crippen molar-refractivity contribution in [1.82, 2.24) is 10.3 Å². The van der Waals surface area contributed by atoms with Crippen molar-refractivity contribution in [2.45, 2.75) is 32.2 Å². The van der Waals surface area contributed by atoms with Crippen LogP contribution in [0.5, 0.6) is 0 Å². The van der Waals surface area contributed by atoms with E-state index in [4.69, 9.17) is 12.2 Å². The fourth-order valence-electron chi connectivity index (χ4n) is 2.83. The maximum absolute atomic E-state index is 5.43. The zero-order valence-electron chi connectivity index (χ0n) is 12.1. The Balaban J connectivity index is 1.68. The highest BCUT2D eigenvalue weighted by atomic mass is 32.1. The highest BCUT2D eigenvalue weighted by Crippen LogP contribution is 2.29. The summed E-state index contributed by atoms with van der Waals surface area (Å²) < 4.78 is 0. The molecule has 2 N–H and O–H groups in total. The molecule has 1 heterocycles. The van der Waals surface area contributed by atoms with E-state index in [1.165, 1.54) is 17.5 Å². The normalized spacial score (nSPS) is 16.9. The summed E-state index contributed by atoms with van der Waals surface area (Å²) in [7, 11) is 0. The number of hydrogen-bond donors (Lipinski definition) is 2. The number of aromatic nitrogens is 1. The van der Waals surface area contributed by atoms with Crippen LogP contribution in [0.15, 0.2) is 42.5 Å². The zero-order valence-corrected chi connectivity index (χ0v) is 12.9. The van der Waals surface area contributed by atoms with E-state index in [1.807, 2.05) is 25.1 Å². The molecule has 4 heteroatoms. The Morgan fingerprint density at radius 1 is 1.19 bits per heavy atom. The number of rotatable bonds is 2. The van der Waals surface area contributed by atoms with Crippen LogP contribution >= 0.6 is 12.2 Å². The van der Waals surface area contributed by atoms with Gasteiger partial charge in [0.1, 0.15) is 5.82 Å². The zero-order chi connectivity index (χ0) is 14.7. The first-order valence-corrected chi connectivity index (χ1v) is 7.72. The fourth-order valence-corrected chi connectivity index (χ4v) is 3.07. The SMILES string of the molecule is Cc1cccc(NC(=S)NC2CCCc3ccccc32)n1. The molecule has 3 rings (SSSR count). The summed E-state index contributed by atoms with van der Waals surface area (Å²) in [5, 5.41) is 7.23. The molecule has 1 aromatic carbocycles. The Morgan fingerprint density at radius 3 is 2.90 bits per heavy atom. The van der Waals surface area contributed by atoms with Crippen LogP contribution in [0.1, 0.15) is 35.7 Å². The van der Waals surface area contributed by atoms with Crippen LogP contribution in [0, 0.1) is 6.92 Å². The lowest BCUT2D eigenvalue weighted by Crippen LogP contribution is -2.34. The van der Waals surface area contributed by atoms with E-state index in [0.29, 0.717) is 11.2 Å². The molecular weight excluding hydrogens is 278 g/mol. The molecule has 1 aliphatic rings. The quantitative estimate of drug-likeness (QED) is 0.828. The van der Waals surface area contributed by atoms with Gasteiger partial charge in [0.2, 0.25) is 0 Å². The first kappa shape index (κ1) is 14.0. The summed E-state index contributed by atoms with van der Waals surface area (Å²) in [5.41, 5.74) is 3.77. The Kier molecular flexibility index (Phi) is 4.15. The van der Waals surface area contributed by atoms with Gasteiger partial charge in [-0.1, -0.05) is 30.3 Å². The first-order chi connectivity index (χ1) is 10.2. The minimum atomic E-state index is 0.291. The topological polar surface area (TPSA) is 37.0 Å². The smallest absolute Gasteiger partial charge is 0.172 e. The number of thiocarbonyl (C=S) groups is 1. The largest absolute Gasteiger partial charge is 0.356 e. The highest BCUT2D eigenvalue weighted by molar-refractivity contribution is 7.80. The third-order valence-electron chi connectivity index (χ3n) is 3.80. The summed E-state index contributed by atoms with van der Waals surface area (Å²) in [6, 6.07) is 14.8. The van der Waals surface area contributed by atoms with Crippen LogP contribution in [0.3, 0.4) is 0 Å². The number of fused-ring (bicyclic) bond motifs is 1. The number of nitrogens with one attached hydrogen (secondary N) is 2. The second-order valence-corrected chi connectivity index (χ2v) is 5.81. The van der Waals surface area contributed by atoms with Crippen LogP contribution in [0.2, 0.25) is 0 Å². The van der Waals surface area contributed by atoms with Crippen molar-refractivity contribution in [2.75, 3.05) is 5.32 Å². The van der Waals surface area contributed by atoms with Gasteiger partial charge in [0, 0.05) is 5.69 Å². The van der Waals surface area contributed by atoms with Crippen LogP contribution in [0.4, 0.5) is 5.82 Å². The minimum Gasteiger partial charge on any atom is -0.356 e. The molecule has 0 saturated heterocycles. The van der Waals surface area contributed by atoms with Gasteiger partial charge in [0.25, 0.3) is 0 Å². The number of pyridine rings is 1. The lowest BCUT2D eigenvalue weighted by atomic mass is 9.88. The molecule has 1 aromatic heterocycles. The van der Waals surface area contributed by atoms with E-state index in [0.717, 1.165) is 24.4 Å². The maximum atomic E-state index is 5.43. The predicted octanol–water partition coefficient (Wildman–Crippen LogP) is 3.75. The van der Waals surface area contributed by atoms with Crippen molar-refractivity contribution in [1.29, 1.82) is 0 Å². The lowest BCUT2D eigenvalue weighted by molar-refractivity contribution is 0.529. The number of benzene rings is 1. The average Bonchev–Trinajstić information content (AvgIpc) is 2.47. The maximum Gasteiger partial charge on any atom is 0.172 e. The number of nitrogens with zero attached hydrogens (tertiary/aromatic N) is 1. The molecule has 0 radical (unpaired) electrons. The molecule has 1 unspecified atom stereocenters. The molecule has 21 heavy (non-hydrogen) atoms. The average molecular weight is 297 g/mol. The monoisotopic (exact) mass is 297 g/mol. The van der Waals surface area contributed by atoms with Gasteiger partial charge in [-0.2, -0.15) is 0 Å². The van der Waals surface area contributed by atoms with Crippen molar-refractivity contribution in [3.8, 4) is 0 Å². The molecule has 0 saturated carbocycles. The molecule has 1 atom stereocenters. The number of aryl methyl sites for hydroxylation is 2. The van der Waals surface area contributed by atoms with Crippen molar-refractivity contribution in [3.05, 3.63) is 59.3 Å². The van der Waals surface area contributed by atoms with Crippen molar-refractivity contribution in [2.24, 2.45) is 0 Å². The van der Waals surface area contributed by atoms with Gasteiger partial charge in [-0.25, -0.2) is 4.98 Å². The molecule has 2 aromatic rings. The summed E-state index contributed by atoms with van der Waals surface area (Å²) in [5.74, 6) is 0.789. The molecule has 1 aliphatic carbocycles. The van der Waals surface area contributed by atoms with Gasteiger partial charge >= 0.3 is 0 Å². The number of anilines is 1. The van der Waals surface area contributed by atoms with Crippen molar-refractivity contribution < 1.29 is 0 Å². The number of hydrogen-bond acceptors (Lipinski definition) is 2. The van der Waals surface area contributed by atoms with Gasteiger partial charge < -0.3 is 10.6 Å². The standard InChI is InChI=1S/C17H19N3S/c1-12-6-4-11-16(18-12)20-17(21)19-15-10-5-8-13-7-2-3-9-14(13)15/h2-4,6-7,9,11,15H,5,8,10H2,1H3,(H2,18,19,20,21). The van der Waals surface area contributed by atoms with Crippen molar-refractivity contribution >= 4 is 23.1 Å². The molecule has 0 bridgehead atoms. The third kappa shape index (κ3) is 3.39. The third-order valence-corrected chi connectivity index (χ3v) is 4.02. The summed E-state index contributed by atoms with van der Waals surface area (Å²) >= 11 is 5.43. The predicted molar refractivity (Wildman–Crippen MR) is 90.5 cm³/mol. The molecule has 0 aliphatic heterocycles. The van der Waals surface area contributed by atoms with E-state index >= 15 is 0 Å². The van der Waals surface area contributed by atoms with Crippen LogP contribution in [-0.2, 0) is 6.42 Å². The van der Waals surface area contributed by atoms with E-state index in [9.17, 15) is 0 Å². The lowest BCUT2D eigenvalue weighted by Gasteiger charge is -2.27. The molecule has 0 spiro atoms. The van der Waals surface area contributed by atoms with Gasteiger partial charge in [-0.05, 0) is 61.7 Å². The van der Waals surface area contributed by atoms with Crippen LogP contribution in [-0.4, -0.2) is 10.1 Å². The molecule has 0 amide bonds. The van der Waals surface area contributed by atoms with Crippen LogP contribution in [0.25, 0.3) is 0 Å². The fraction of sp³-hybridized carbons (Fsp3) is 0.294. The second-order valence-electron chi connectivity index (χ2n) is 5.41. The summed E-state index contributed by atoms with van der Waals surface area (Å²) in [6.45, 7) is 1.97. The van der Waals surface area contributed by atoms with Gasteiger partial charge in [0.05, 0.1) is 6.04 Å². The minimum absolute atomic E-state index is 0.291. The molecule has 0 fully saturated rings. The van der Waals surface area contributed by atoms with E-state index in [-0.39, 0.29) is 0 Å². The van der Waals surface area contributed by atoms with Crippen molar-refractivity contribution in [3.63, 3.8) is 0 Å². The second kappa shape index (κ2) is 6.22. The Labute approximate surface area is 130 Å². The summed E-state index contributed by atoms with van der Waals surface area (Å²) in [4.78, 5) is 4.41. The molecule has 3 nitrogen and oxygen atoms in total. The highest BCUT2D eigenvalue weighted by Gasteiger charge is 2.20. The summed E-state index contributed by atoms with van der Waals surface area (Å²) in [6.07, 6.45) is 3.47. The van der Waals surface area contributed by atoms with Gasteiger partial charge in [0.15, 0.2) is 5.11 Å². The van der Waals surface area contributed by atoms with E-state index in [1.54, 1.807) is 0 Å². The van der Waals surface area contributed by atoms with Crippen LogP contribution < -0.4 is 10.6 Å². The molecule has 108 valence electrons. The van der Waals surface area contributed by atoms with E-state index in [2.05, 4.69) is 39.9 Å². The van der Waals surface area contributed by atoms with Gasteiger partial charge in [-0.3, -0.25) is 0 Å².